The number of aliphatic hydroxyl groups is 1. The molecular weight excluding hydrogens is 267 g/mol. The van der Waals surface area contributed by atoms with E-state index in [1.807, 2.05) is 6.07 Å². The molecule has 1 aromatic rings. The Labute approximate surface area is 97.0 Å². The number of benzene rings is 1. The molecule has 0 fully saturated rings. The van der Waals surface area contributed by atoms with E-state index in [0.717, 1.165) is 4.47 Å². The molecule has 0 spiro atoms. The van der Waals surface area contributed by atoms with Crippen molar-refractivity contribution in [2.24, 2.45) is 0 Å². The van der Waals surface area contributed by atoms with Crippen LogP contribution in [0, 0.1) is 0 Å². The van der Waals surface area contributed by atoms with E-state index >= 15 is 0 Å². The van der Waals surface area contributed by atoms with E-state index in [0.29, 0.717) is 10.8 Å². The average molecular weight is 280 g/mol. The maximum Gasteiger partial charge on any atom is 0.138 e. The van der Waals surface area contributed by atoms with Gasteiger partial charge in [0.2, 0.25) is 0 Å². The van der Waals surface area contributed by atoms with Gasteiger partial charge in [-0.3, -0.25) is 0 Å². The normalized spacial score (nSPS) is 11.5. The summed E-state index contributed by atoms with van der Waals surface area (Å²) in [5.74, 6) is 0.581. The van der Waals surface area contributed by atoms with Crippen LogP contribution in [0.5, 0.6) is 5.75 Å². The number of hydrogen-bond acceptors (Lipinski definition) is 2. The number of ether oxygens (including phenoxy) is 1. The summed E-state index contributed by atoms with van der Waals surface area (Å²) in [6.07, 6.45) is 0. The van der Waals surface area contributed by atoms with Crippen molar-refractivity contribution in [1.82, 2.24) is 0 Å². The Morgan fingerprint density at radius 2 is 2.14 bits per heavy atom. The summed E-state index contributed by atoms with van der Waals surface area (Å²) >= 11 is 9.22. The van der Waals surface area contributed by atoms with Crippen LogP contribution >= 0.6 is 27.5 Å². The van der Waals surface area contributed by atoms with Gasteiger partial charge in [0.15, 0.2) is 0 Å². The highest BCUT2D eigenvalue weighted by Crippen LogP contribution is 2.28. The quantitative estimate of drug-likeness (QED) is 0.920. The summed E-state index contributed by atoms with van der Waals surface area (Å²) in [4.78, 5) is 0. The first-order chi connectivity index (χ1) is 6.38. The Balaban J connectivity index is 2.68. The Hall–Kier alpha value is -0.250. The Morgan fingerprint density at radius 1 is 1.50 bits per heavy atom. The molecule has 2 nitrogen and oxygen atoms in total. The Bertz CT molecular complexity index is 320. The molecule has 1 N–H and O–H groups in total. The highest BCUT2D eigenvalue weighted by Gasteiger charge is 2.14. The van der Waals surface area contributed by atoms with Gasteiger partial charge in [0.1, 0.15) is 12.4 Å². The molecule has 0 aromatic heterocycles. The Kier molecular flexibility index (Phi) is 3.81. The van der Waals surface area contributed by atoms with Gasteiger partial charge in [-0.1, -0.05) is 27.5 Å². The predicted molar refractivity (Wildman–Crippen MR) is 60.9 cm³/mol. The average Bonchev–Trinajstić information content (AvgIpc) is 2.00. The van der Waals surface area contributed by atoms with Crippen molar-refractivity contribution in [1.29, 1.82) is 0 Å². The van der Waals surface area contributed by atoms with Crippen LogP contribution in [0.1, 0.15) is 13.8 Å². The molecule has 14 heavy (non-hydrogen) atoms. The molecule has 78 valence electrons. The molecule has 0 aliphatic heterocycles. The monoisotopic (exact) mass is 278 g/mol. The lowest BCUT2D eigenvalue weighted by Crippen LogP contribution is -2.27. The highest BCUT2D eigenvalue weighted by atomic mass is 79.9. The summed E-state index contributed by atoms with van der Waals surface area (Å²) in [6, 6.07) is 5.35. The minimum atomic E-state index is -0.851. The lowest BCUT2D eigenvalue weighted by Gasteiger charge is -2.18. The minimum absolute atomic E-state index is 0.217. The van der Waals surface area contributed by atoms with Gasteiger partial charge in [-0.15, -0.1) is 0 Å². The van der Waals surface area contributed by atoms with Gasteiger partial charge >= 0.3 is 0 Å². The minimum Gasteiger partial charge on any atom is -0.489 e. The van der Waals surface area contributed by atoms with Crippen molar-refractivity contribution >= 4 is 27.5 Å². The van der Waals surface area contributed by atoms with Crippen LogP contribution in [0.4, 0.5) is 0 Å². The van der Waals surface area contributed by atoms with Crippen LogP contribution in [0.2, 0.25) is 5.02 Å². The first-order valence-electron chi connectivity index (χ1n) is 4.19. The lowest BCUT2D eigenvalue weighted by molar-refractivity contribution is 0.0285. The molecular formula is C10H12BrClO2. The number of hydrogen-bond donors (Lipinski definition) is 1. The van der Waals surface area contributed by atoms with Gasteiger partial charge < -0.3 is 9.84 Å². The molecule has 0 amide bonds. The zero-order valence-electron chi connectivity index (χ0n) is 8.05. The van der Waals surface area contributed by atoms with Crippen LogP contribution in [0.15, 0.2) is 22.7 Å². The summed E-state index contributed by atoms with van der Waals surface area (Å²) in [5, 5.41) is 9.98. The van der Waals surface area contributed by atoms with Crippen molar-refractivity contribution < 1.29 is 9.84 Å². The molecule has 4 heteroatoms. The SMILES string of the molecule is CC(C)(O)COc1ccc(Br)cc1Cl. The standard InChI is InChI=1S/C10H12BrClO2/c1-10(2,13)6-14-9-4-3-7(11)5-8(9)12/h3-5,13H,6H2,1-2H3. The zero-order chi connectivity index (χ0) is 10.8. The van der Waals surface area contributed by atoms with Gasteiger partial charge in [0, 0.05) is 4.47 Å². The fourth-order valence-electron chi connectivity index (χ4n) is 0.847. The molecule has 0 saturated carbocycles. The largest absolute Gasteiger partial charge is 0.489 e. The summed E-state index contributed by atoms with van der Waals surface area (Å²) in [6.45, 7) is 3.58. The van der Waals surface area contributed by atoms with Crippen molar-refractivity contribution in [3.8, 4) is 5.75 Å². The van der Waals surface area contributed by atoms with Crippen LogP contribution in [0.25, 0.3) is 0 Å². The summed E-state index contributed by atoms with van der Waals surface area (Å²) in [7, 11) is 0. The Morgan fingerprint density at radius 3 is 2.64 bits per heavy atom. The second-order valence-electron chi connectivity index (χ2n) is 3.68. The third-order valence-electron chi connectivity index (χ3n) is 1.47. The molecule has 1 rings (SSSR count). The van der Waals surface area contributed by atoms with Gasteiger partial charge in [0.05, 0.1) is 10.6 Å². The highest BCUT2D eigenvalue weighted by molar-refractivity contribution is 9.10. The topological polar surface area (TPSA) is 29.5 Å². The smallest absolute Gasteiger partial charge is 0.138 e. The second-order valence-corrected chi connectivity index (χ2v) is 5.00. The summed E-state index contributed by atoms with van der Waals surface area (Å²) < 4.78 is 6.25. The van der Waals surface area contributed by atoms with Gasteiger partial charge in [-0.05, 0) is 32.0 Å². The first-order valence-corrected chi connectivity index (χ1v) is 5.36. The van der Waals surface area contributed by atoms with E-state index in [4.69, 9.17) is 16.3 Å². The third kappa shape index (κ3) is 3.86. The fourth-order valence-corrected chi connectivity index (χ4v) is 1.57. The molecule has 1 aromatic carbocycles. The third-order valence-corrected chi connectivity index (χ3v) is 2.26. The second kappa shape index (κ2) is 4.51. The zero-order valence-corrected chi connectivity index (χ0v) is 10.4. The van der Waals surface area contributed by atoms with E-state index < -0.39 is 5.60 Å². The molecule has 0 radical (unpaired) electrons. The fraction of sp³-hybridized carbons (Fsp3) is 0.400. The maximum atomic E-state index is 9.45. The van der Waals surface area contributed by atoms with E-state index in [2.05, 4.69) is 15.9 Å². The van der Waals surface area contributed by atoms with Crippen molar-refractivity contribution in [2.45, 2.75) is 19.4 Å². The van der Waals surface area contributed by atoms with Crippen LogP contribution in [0.3, 0.4) is 0 Å². The number of rotatable bonds is 3. The van der Waals surface area contributed by atoms with E-state index in [-0.39, 0.29) is 6.61 Å². The molecule has 0 heterocycles. The van der Waals surface area contributed by atoms with Crippen molar-refractivity contribution in [2.75, 3.05) is 6.61 Å². The summed E-state index contributed by atoms with van der Waals surface area (Å²) in [5.41, 5.74) is -0.851. The maximum absolute atomic E-state index is 9.45. The van der Waals surface area contributed by atoms with Crippen molar-refractivity contribution in [3.63, 3.8) is 0 Å². The molecule has 0 aliphatic rings. The van der Waals surface area contributed by atoms with E-state index in [1.165, 1.54) is 0 Å². The van der Waals surface area contributed by atoms with Crippen LogP contribution in [-0.2, 0) is 0 Å². The van der Waals surface area contributed by atoms with Crippen molar-refractivity contribution in [3.05, 3.63) is 27.7 Å². The van der Waals surface area contributed by atoms with Crippen LogP contribution in [-0.4, -0.2) is 17.3 Å². The van der Waals surface area contributed by atoms with Gasteiger partial charge in [-0.25, -0.2) is 0 Å². The molecule has 0 unspecified atom stereocenters. The molecule has 0 aliphatic carbocycles. The van der Waals surface area contributed by atoms with E-state index in [9.17, 15) is 5.11 Å². The van der Waals surface area contributed by atoms with Gasteiger partial charge in [0.25, 0.3) is 0 Å². The lowest BCUT2D eigenvalue weighted by atomic mass is 10.2. The predicted octanol–water partition coefficient (Wildman–Crippen LogP) is 3.25. The molecule has 0 saturated heterocycles. The van der Waals surface area contributed by atoms with E-state index in [1.54, 1.807) is 26.0 Å². The molecule has 0 atom stereocenters. The number of halogens is 2. The molecule has 0 bridgehead atoms. The van der Waals surface area contributed by atoms with Gasteiger partial charge in [-0.2, -0.15) is 0 Å². The van der Waals surface area contributed by atoms with Crippen LogP contribution < -0.4 is 4.74 Å². The first kappa shape index (κ1) is 11.8.